The van der Waals surface area contributed by atoms with Gasteiger partial charge in [-0.1, -0.05) is 20.3 Å². The lowest BCUT2D eigenvalue weighted by Crippen LogP contribution is -2.05. The van der Waals surface area contributed by atoms with E-state index in [2.05, 4.69) is 35.2 Å². The van der Waals surface area contributed by atoms with Gasteiger partial charge in [0.05, 0.1) is 5.39 Å². The van der Waals surface area contributed by atoms with E-state index in [1.165, 1.54) is 11.3 Å². The molecule has 0 atom stereocenters. The van der Waals surface area contributed by atoms with Gasteiger partial charge in [-0.15, -0.1) is 11.3 Å². The normalized spacial score (nSPS) is 10.9. The van der Waals surface area contributed by atoms with Gasteiger partial charge >= 0.3 is 0 Å². The van der Waals surface area contributed by atoms with Crippen molar-refractivity contribution < 1.29 is 0 Å². The molecule has 92 valence electrons. The summed E-state index contributed by atoms with van der Waals surface area (Å²) in [6.45, 7) is 5.25. The molecule has 17 heavy (non-hydrogen) atoms. The molecule has 0 radical (unpaired) electrons. The average molecular weight is 250 g/mol. The predicted molar refractivity (Wildman–Crippen MR) is 74.6 cm³/mol. The van der Waals surface area contributed by atoms with E-state index in [0.717, 1.165) is 35.4 Å². The summed E-state index contributed by atoms with van der Waals surface area (Å²) in [6.07, 6.45) is 3.33. The second-order valence-electron chi connectivity index (χ2n) is 4.00. The highest BCUT2D eigenvalue weighted by Crippen LogP contribution is 2.29. The summed E-state index contributed by atoms with van der Waals surface area (Å²) in [5.41, 5.74) is 5.72. The zero-order valence-electron chi connectivity index (χ0n) is 10.3. The van der Waals surface area contributed by atoms with E-state index in [1.807, 2.05) is 0 Å². The summed E-state index contributed by atoms with van der Waals surface area (Å²) in [6, 6.07) is 2.16. The summed E-state index contributed by atoms with van der Waals surface area (Å²) in [7, 11) is 0. The minimum absolute atomic E-state index is 0.348. The molecule has 0 amide bonds. The Morgan fingerprint density at radius 1 is 1.35 bits per heavy atom. The number of aryl methyl sites for hydroxylation is 1. The molecule has 0 bridgehead atoms. The molecule has 4 nitrogen and oxygen atoms in total. The van der Waals surface area contributed by atoms with Gasteiger partial charge in [-0.25, -0.2) is 4.98 Å². The molecule has 0 spiro atoms. The molecule has 5 heteroatoms. The highest BCUT2D eigenvalue weighted by molar-refractivity contribution is 7.18. The molecule has 0 aromatic carbocycles. The van der Waals surface area contributed by atoms with Crippen molar-refractivity contribution in [2.45, 2.75) is 33.1 Å². The Balaban J connectivity index is 2.34. The van der Waals surface area contributed by atoms with Crippen LogP contribution in [0.3, 0.4) is 0 Å². The average Bonchev–Trinajstić information content (AvgIpc) is 2.72. The molecule has 2 heterocycles. The Bertz CT molecular complexity index is 506. The molecule has 0 aliphatic carbocycles. The monoisotopic (exact) mass is 250 g/mol. The molecule has 0 saturated heterocycles. The summed E-state index contributed by atoms with van der Waals surface area (Å²) in [5, 5.41) is 4.44. The van der Waals surface area contributed by atoms with Crippen molar-refractivity contribution in [3.05, 3.63) is 10.9 Å². The lowest BCUT2D eigenvalue weighted by molar-refractivity contribution is 0.832. The van der Waals surface area contributed by atoms with Crippen molar-refractivity contribution in [1.29, 1.82) is 0 Å². The predicted octanol–water partition coefficient (Wildman–Crippen LogP) is 3.05. The van der Waals surface area contributed by atoms with Crippen LogP contribution in [-0.2, 0) is 6.42 Å². The molecule has 0 unspecified atom stereocenters. The van der Waals surface area contributed by atoms with Crippen LogP contribution in [0.2, 0.25) is 0 Å². The van der Waals surface area contributed by atoms with Crippen LogP contribution >= 0.6 is 11.3 Å². The summed E-state index contributed by atoms with van der Waals surface area (Å²) >= 11 is 1.69. The summed E-state index contributed by atoms with van der Waals surface area (Å²) < 4.78 is 0. The number of fused-ring (bicyclic) bond motifs is 1. The van der Waals surface area contributed by atoms with Crippen LogP contribution in [0.1, 0.15) is 31.6 Å². The first-order valence-corrected chi connectivity index (χ1v) is 6.86. The molecule has 2 rings (SSSR count). The van der Waals surface area contributed by atoms with Gasteiger partial charge in [0.15, 0.2) is 0 Å². The lowest BCUT2D eigenvalue weighted by Gasteiger charge is -2.06. The Morgan fingerprint density at radius 3 is 2.88 bits per heavy atom. The smallest absolute Gasteiger partial charge is 0.223 e. The third-order valence-corrected chi connectivity index (χ3v) is 3.81. The largest absolute Gasteiger partial charge is 0.369 e. The van der Waals surface area contributed by atoms with Gasteiger partial charge in [-0.05, 0) is 18.9 Å². The molecule has 0 fully saturated rings. The van der Waals surface area contributed by atoms with Gasteiger partial charge < -0.3 is 11.1 Å². The number of nitrogens with two attached hydrogens (primary N) is 1. The van der Waals surface area contributed by atoms with E-state index in [1.54, 1.807) is 11.3 Å². The fraction of sp³-hybridized carbons (Fsp3) is 0.500. The van der Waals surface area contributed by atoms with Crippen molar-refractivity contribution >= 4 is 33.3 Å². The minimum Gasteiger partial charge on any atom is -0.369 e. The molecule has 2 aromatic heterocycles. The Morgan fingerprint density at radius 2 is 2.18 bits per heavy atom. The topological polar surface area (TPSA) is 63.8 Å². The molecule has 2 aromatic rings. The van der Waals surface area contributed by atoms with Gasteiger partial charge in [0.25, 0.3) is 0 Å². The number of hydrogen-bond donors (Lipinski definition) is 2. The lowest BCUT2D eigenvalue weighted by atomic mass is 10.3. The van der Waals surface area contributed by atoms with Crippen LogP contribution in [0.25, 0.3) is 10.2 Å². The molecule has 3 N–H and O–H groups in total. The molecule has 0 aliphatic heterocycles. The third kappa shape index (κ3) is 2.66. The van der Waals surface area contributed by atoms with Crippen LogP contribution in [0, 0.1) is 0 Å². The maximum absolute atomic E-state index is 5.72. The van der Waals surface area contributed by atoms with E-state index < -0.39 is 0 Å². The molecule has 0 aliphatic rings. The van der Waals surface area contributed by atoms with Gasteiger partial charge in [0.2, 0.25) is 5.95 Å². The van der Waals surface area contributed by atoms with Gasteiger partial charge in [-0.3, -0.25) is 0 Å². The molecular formula is C12H18N4S. The van der Waals surface area contributed by atoms with Crippen LogP contribution in [0.5, 0.6) is 0 Å². The first-order valence-electron chi connectivity index (χ1n) is 6.04. The van der Waals surface area contributed by atoms with E-state index in [9.17, 15) is 0 Å². The number of nitrogen functional groups attached to an aromatic ring is 1. The Hall–Kier alpha value is -1.36. The zero-order chi connectivity index (χ0) is 12.3. The van der Waals surface area contributed by atoms with Crippen molar-refractivity contribution in [2.75, 3.05) is 17.6 Å². The number of unbranched alkanes of at least 4 members (excludes halogenated alkanes) is 1. The number of thiophene rings is 1. The highest BCUT2D eigenvalue weighted by Gasteiger charge is 2.09. The maximum atomic E-state index is 5.72. The van der Waals surface area contributed by atoms with Crippen LogP contribution < -0.4 is 11.1 Å². The zero-order valence-corrected chi connectivity index (χ0v) is 11.1. The fourth-order valence-electron chi connectivity index (χ4n) is 1.68. The van der Waals surface area contributed by atoms with Crippen LogP contribution in [-0.4, -0.2) is 16.5 Å². The number of anilines is 2. The van der Waals surface area contributed by atoms with Crippen molar-refractivity contribution in [3.8, 4) is 0 Å². The van der Waals surface area contributed by atoms with Crippen molar-refractivity contribution in [3.63, 3.8) is 0 Å². The van der Waals surface area contributed by atoms with Crippen molar-refractivity contribution in [2.24, 2.45) is 0 Å². The quantitative estimate of drug-likeness (QED) is 0.801. The van der Waals surface area contributed by atoms with Crippen LogP contribution in [0.15, 0.2) is 6.07 Å². The second-order valence-corrected chi connectivity index (χ2v) is 5.11. The summed E-state index contributed by atoms with van der Waals surface area (Å²) in [5.74, 6) is 1.22. The Labute approximate surface area is 105 Å². The van der Waals surface area contributed by atoms with E-state index in [4.69, 9.17) is 5.73 Å². The number of nitrogens with one attached hydrogen (secondary N) is 1. The van der Waals surface area contributed by atoms with Gasteiger partial charge in [0, 0.05) is 11.4 Å². The molecule has 0 saturated carbocycles. The SMILES string of the molecule is CCCCNc1nc(N)nc2sc(CC)cc12. The van der Waals surface area contributed by atoms with E-state index in [-0.39, 0.29) is 0 Å². The van der Waals surface area contributed by atoms with E-state index >= 15 is 0 Å². The standard InChI is InChI=1S/C12H18N4S/c1-3-5-6-14-10-9-7-8(4-2)17-11(9)16-12(13)15-10/h7H,3-6H2,1-2H3,(H3,13,14,15,16). The van der Waals surface area contributed by atoms with E-state index in [0.29, 0.717) is 5.95 Å². The maximum Gasteiger partial charge on any atom is 0.223 e. The minimum atomic E-state index is 0.348. The first kappa shape index (κ1) is 12.1. The second kappa shape index (κ2) is 5.31. The summed E-state index contributed by atoms with van der Waals surface area (Å²) in [4.78, 5) is 10.9. The number of hydrogen-bond acceptors (Lipinski definition) is 5. The Kier molecular flexibility index (Phi) is 3.78. The number of rotatable bonds is 5. The van der Waals surface area contributed by atoms with Crippen LogP contribution in [0.4, 0.5) is 11.8 Å². The number of aromatic nitrogens is 2. The molecular weight excluding hydrogens is 232 g/mol. The number of nitrogens with zero attached hydrogens (tertiary/aromatic N) is 2. The van der Waals surface area contributed by atoms with Crippen molar-refractivity contribution in [1.82, 2.24) is 9.97 Å². The third-order valence-electron chi connectivity index (χ3n) is 2.63. The first-order chi connectivity index (χ1) is 8.24. The highest BCUT2D eigenvalue weighted by atomic mass is 32.1. The van der Waals surface area contributed by atoms with Gasteiger partial charge in [0.1, 0.15) is 10.6 Å². The van der Waals surface area contributed by atoms with Gasteiger partial charge in [-0.2, -0.15) is 4.98 Å². The fourth-order valence-corrected chi connectivity index (χ4v) is 2.65.